The number of nitrogens with two attached hydrogens (primary N) is 1. The molecule has 1 aliphatic heterocycles. The van der Waals surface area contributed by atoms with E-state index in [9.17, 15) is 13.2 Å². The number of carbonyl (C=O) groups excluding carboxylic acids is 1. The number of hydrogen-bond donors (Lipinski definition) is 3. The average molecular weight is 374 g/mol. The quantitative estimate of drug-likeness (QED) is 0.737. The zero-order valence-corrected chi connectivity index (χ0v) is 15.1. The molecule has 0 saturated heterocycles. The summed E-state index contributed by atoms with van der Waals surface area (Å²) in [5.41, 5.74) is 7.12. The van der Waals surface area contributed by atoms with Gasteiger partial charge in [0.25, 0.3) is 5.91 Å². The normalized spacial score (nSPS) is 23.8. The third kappa shape index (κ3) is 3.91. The number of halogens is 1. The van der Waals surface area contributed by atoms with Gasteiger partial charge in [-0.25, -0.2) is 13.1 Å². The summed E-state index contributed by atoms with van der Waals surface area (Å²) in [5.74, 6) is -0.0275. The van der Waals surface area contributed by atoms with Crippen LogP contribution in [-0.2, 0) is 16.4 Å². The summed E-state index contributed by atoms with van der Waals surface area (Å²) >= 11 is 0. The summed E-state index contributed by atoms with van der Waals surface area (Å²) in [6.07, 6.45) is 4.60. The van der Waals surface area contributed by atoms with Gasteiger partial charge in [-0.3, -0.25) is 4.79 Å². The van der Waals surface area contributed by atoms with Gasteiger partial charge in [0.15, 0.2) is 0 Å². The van der Waals surface area contributed by atoms with Crippen molar-refractivity contribution in [2.45, 2.75) is 43.0 Å². The molecule has 2 aliphatic rings. The SMILES string of the molecule is Cl.NCC1CCCCC1NS(=O)(=O)c1ccc2c(c1)C(=O)NCC2. The summed E-state index contributed by atoms with van der Waals surface area (Å²) in [6, 6.07) is 4.68. The van der Waals surface area contributed by atoms with Crippen LogP contribution in [0.1, 0.15) is 41.6 Å². The zero-order valence-electron chi connectivity index (χ0n) is 13.5. The predicted octanol–water partition coefficient (Wildman–Crippen LogP) is 1.19. The molecule has 0 aromatic heterocycles. The molecule has 4 N–H and O–H groups in total. The van der Waals surface area contributed by atoms with Gasteiger partial charge in [0.05, 0.1) is 4.90 Å². The average Bonchev–Trinajstić information content (AvgIpc) is 2.55. The van der Waals surface area contributed by atoms with E-state index in [2.05, 4.69) is 10.0 Å². The molecule has 0 spiro atoms. The molecule has 1 fully saturated rings. The lowest BCUT2D eigenvalue weighted by Gasteiger charge is -2.31. The highest BCUT2D eigenvalue weighted by Gasteiger charge is 2.29. The minimum Gasteiger partial charge on any atom is -0.352 e. The Morgan fingerprint density at radius 1 is 1.25 bits per heavy atom. The predicted molar refractivity (Wildman–Crippen MR) is 94.8 cm³/mol. The fourth-order valence-corrected chi connectivity index (χ4v) is 4.84. The van der Waals surface area contributed by atoms with E-state index in [4.69, 9.17) is 5.73 Å². The second kappa shape index (κ2) is 7.82. The first-order chi connectivity index (χ1) is 11.0. The van der Waals surface area contributed by atoms with Gasteiger partial charge in [-0.2, -0.15) is 0 Å². The molecule has 1 aromatic carbocycles. The van der Waals surface area contributed by atoms with Crippen LogP contribution in [0.2, 0.25) is 0 Å². The van der Waals surface area contributed by atoms with Gasteiger partial charge in [0.1, 0.15) is 0 Å². The molecular weight excluding hydrogens is 350 g/mol. The molecule has 2 atom stereocenters. The topological polar surface area (TPSA) is 101 Å². The summed E-state index contributed by atoms with van der Waals surface area (Å²) in [5, 5.41) is 2.74. The minimum atomic E-state index is -3.65. The van der Waals surface area contributed by atoms with Crippen LogP contribution in [0.3, 0.4) is 0 Å². The van der Waals surface area contributed by atoms with Crippen molar-refractivity contribution in [2.24, 2.45) is 11.7 Å². The summed E-state index contributed by atoms with van der Waals surface area (Å²) in [7, 11) is -3.65. The molecule has 8 heteroatoms. The van der Waals surface area contributed by atoms with Crippen molar-refractivity contribution in [1.82, 2.24) is 10.0 Å². The van der Waals surface area contributed by atoms with E-state index in [1.807, 2.05) is 0 Å². The van der Waals surface area contributed by atoms with Crippen LogP contribution in [-0.4, -0.2) is 33.5 Å². The number of sulfonamides is 1. The van der Waals surface area contributed by atoms with Crippen LogP contribution >= 0.6 is 12.4 Å². The molecule has 24 heavy (non-hydrogen) atoms. The maximum atomic E-state index is 12.7. The zero-order chi connectivity index (χ0) is 16.4. The Hall–Kier alpha value is -1.15. The van der Waals surface area contributed by atoms with E-state index >= 15 is 0 Å². The van der Waals surface area contributed by atoms with Gasteiger partial charge < -0.3 is 11.1 Å². The smallest absolute Gasteiger partial charge is 0.251 e. The molecule has 1 amide bonds. The van der Waals surface area contributed by atoms with Gasteiger partial charge in [-0.05, 0) is 49.4 Å². The van der Waals surface area contributed by atoms with Crippen LogP contribution < -0.4 is 15.8 Å². The Morgan fingerprint density at radius 3 is 2.75 bits per heavy atom. The van der Waals surface area contributed by atoms with Gasteiger partial charge >= 0.3 is 0 Å². The second-order valence-electron chi connectivity index (χ2n) is 6.33. The van der Waals surface area contributed by atoms with Crippen molar-refractivity contribution in [3.63, 3.8) is 0 Å². The fraction of sp³-hybridized carbons (Fsp3) is 0.562. The molecule has 1 aliphatic carbocycles. The number of nitrogens with one attached hydrogen (secondary N) is 2. The summed E-state index contributed by atoms with van der Waals surface area (Å²) in [6.45, 7) is 1.08. The number of carbonyl (C=O) groups is 1. The van der Waals surface area contributed by atoms with Gasteiger partial charge in [-0.1, -0.05) is 18.9 Å². The van der Waals surface area contributed by atoms with Crippen molar-refractivity contribution in [3.8, 4) is 0 Å². The van der Waals surface area contributed by atoms with Gasteiger partial charge in [0.2, 0.25) is 10.0 Å². The minimum absolute atomic E-state index is 0. The highest BCUT2D eigenvalue weighted by Crippen LogP contribution is 2.26. The Bertz CT molecular complexity index is 709. The van der Waals surface area contributed by atoms with E-state index < -0.39 is 10.0 Å². The fourth-order valence-electron chi connectivity index (χ4n) is 3.47. The Morgan fingerprint density at radius 2 is 2.00 bits per heavy atom. The van der Waals surface area contributed by atoms with Gasteiger partial charge in [0, 0.05) is 18.2 Å². The monoisotopic (exact) mass is 373 g/mol. The maximum absolute atomic E-state index is 12.7. The standard InChI is InChI=1S/C16H23N3O3S.ClH/c17-10-12-3-1-2-4-15(12)19-23(21,22)13-6-5-11-7-8-18-16(20)14(11)9-13;/h5-6,9,12,15,19H,1-4,7-8,10,17H2,(H,18,20);1H. The van der Waals surface area contributed by atoms with E-state index in [1.165, 1.54) is 6.07 Å². The largest absolute Gasteiger partial charge is 0.352 e. The molecule has 6 nitrogen and oxygen atoms in total. The molecule has 0 radical (unpaired) electrons. The molecule has 134 valence electrons. The van der Waals surface area contributed by atoms with Crippen LogP contribution in [0.4, 0.5) is 0 Å². The van der Waals surface area contributed by atoms with E-state index in [0.717, 1.165) is 37.7 Å². The summed E-state index contributed by atoms with van der Waals surface area (Å²) in [4.78, 5) is 12.1. The molecule has 3 rings (SSSR count). The van der Waals surface area contributed by atoms with Crippen LogP contribution in [0.15, 0.2) is 23.1 Å². The second-order valence-corrected chi connectivity index (χ2v) is 8.05. The third-order valence-corrected chi connectivity index (χ3v) is 6.32. The number of benzene rings is 1. The molecule has 2 unspecified atom stereocenters. The first-order valence-electron chi connectivity index (χ1n) is 8.15. The number of hydrogen-bond acceptors (Lipinski definition) is 4. The lowest BCUT2D eigenvalue weighted by Crippen LogP contribution is -2.44. The number of rotatable bonds is 4. The van der Waals surface area contributed by atoms with Crippen molar-refractivity contribution in [2.75, 3.05) is 13.1 Å². The first kappa shape index (κ1) is 19.2. The van der Waals surface area contributed by atoms with E-state index in [0.29, 0.717) is 18.7 Å². The molecule has 1 aromatic rings. The van der Waals surface area contributed by atoms with E-state index in [-0.39, 0.29) is 35.2 Å². The van der Waals surface area contributed by atoms with Crippen molar-refractivity contribution >= 4 is 28.3 Å². The molecule has 1 saturated carbocycles. The van der Waals surface area contributed by atoms with E-state index in [1.54, 1.807) is 12.1 Å². The molecule has 1 heterocycles. The maximum Gasteiger partial charge on any atom is 0.251 e. The van der Waals surface area contributed by atoms with Crippen LogP contribution in [0, 0.1) is 5.92 Å². The van der Waals surface area contributed by atoms with Crippen molar-refractivity contribution < 1.29 is 13.2 Å². The van der Waals surface area contributed by atoms with Gasteiger partial charge in [-0.15, -0.1) is 12.4 Å². The highest BCUT2D eigenvalue weighted by atomic mass is 35.5. The molecule has 0 bridgehead atoms. The Kier molecular flexibility index (Phi) is 6.25. The number of fused-ring (bicyclic) bond motifs is 1. The van der Waals surface area contributed by atoms with Crippen molar-refractivity contribution in [1.29, 1.82) is 0 Å². The molecular formula is C16H24ClN3O3S. The van der Waals surface area contributed by atoms with Crippen LogP contribution in [0.25, 0.3) is 0 Å². The van der Waals surface area contributed by atoms with Crippen LogP contribution in [0.5, 0.6) is 0 Å². The Balaban J connectivity index is 0.00000208. The first-order valence-corrected chi connectivity index (χ1v) is 9.63. The third-order valence-electron chi connectivity index (χ3n) is 4.83. The lowest BCUT2D eigenvalue weighted by molar-refractivity contribution is 0.0945. The number of amides is 1. The lowest BCUT2D eigenvalue weighted by atomic mass is 9.85. The summed E-state index contributed by atoms with van der Waals surface area (Å²) < 4.78 is 28.1. The Labute approximate surface area is 149 Å². The van der Waals surface area contributed by atoms with Crippen molar-refractivity contribution in [3.05, 3.63) is 29.3 Å². The highest BCUT2D eigenvalue weighted by molar-refractivity contribution is 7.89.